The number of nitriles is 1. The number of carbonyl (C=O) groups is 1. The number of nitro groups is 1. The fourth-order valence-electron chi connectivity index (χ4n) is 3.34. The van der Waals surface area contributed by atoms with Crippen molar-refractivity contribution in [3.63, 3.8) is 0 Å². The van der Waals surface area contributed by atoms with Crippen molar-refractivity contribution in [2.75, 3.05) is 16.8 Å². The SMILES string of the molecule is N#Cc1cc([N+](=O)[O-])ccc1Nc1ccc2c(c1)CCN2C(=O)c1cccnc1. The Labute approximate surface area is 166 Å². The Kier molecular flexibility index (Phi) is 4.63. The topological polar surface area (TPSA) is 112 Å². The first-order valence-electron chi connectivity index (χ1n) is 8.87. The standard InChI is InChI=1S/C21H15N5O3/c22-12-16-11-18(26(28)29)4-5-19(16)24-17-3-6-20-14(10-17)7-9-25(20)21(27)15-2-1-8-23-13-15/h1-6,8,10-11,13,24H,7,9H2. The molecule has 1 amide bonds. The van der Waals surface area contributed by atoms with Crippen LogP contribution in [0.4, 0.5) is 22.7 Å². The third kappa shape index (κ3) is 3.49. The van der Waals surface area contributed by atoms with Crippen molar-refractivity contribution in [1.82, 2.24) is 4.98 Å². The molecule has 142 valence electrons. The number of pyridine rings is 1. The van der Waals surface area contributed by atoms with Gasteiger partial charge < -0.3 is 10.2 Å². The van der Waals surface area contributed by atoms with Gasteiger partial charge in [0.2, 0.25) is 0 Å². The van der Waals surface area contributed by atoms with Crippen LogP contribution in [0.15, 0.2) is 60.9 Å². The number of rotatable bonds is 4. The van der Waals surface area contributed by atoms with Crippen LogP contribution in [0, 0.1) is 21.4 Å². The molecule has 0 spiro atoms. The van der Waals surface area contributed by atoms with Gasteiger partial charge in [0, 0.05) is 42.4 Å². The number of nitrogens with one attached hydrogen (secondary N) is 1. The summed E-state index contributed by atoms with van der Waals surface area (Å²) < 4.78 is 0. The number of non-ortho nitro benzene ring substituents is 1. The number of carbonyl (C=O) groups excluding carboxylic acids is 1. The molecule has 2 aromatic carbocycles. The lowest BCUT2D eigenvalue weighted by molar-refractivity contribution is -0.384. The first kappa shape index (κ1) is 18.1. The number of nitro benzene ring substituents is 1. The first-order chi connectivity index (χ1) is 14.1. The van der Waals surface area contributed by atoms with Crippen molar-refractivity contribution >= 4 is 28.7 Å². The number of hydrogen-bond donors (Lipinski definition) is 1. The molecule has 2 heterocycles. The molecular weight excluding hydrogens is 370 g/mol. The third-order valence-corrected chi connectivity index (χ3v) is 4.74. The van der Waals surface area contributed by atoms with Gasteiger partial charge in [0.15, 0.2) is 0 Å². The van der Waals surface area contributed by atoms with Gasteiger partial charge in [0.1, 0.15) is 6.07 Å². The van der Waals surface area contributed by atoms with Gasteiger partial charge in [-0.2, -0.15) is 5.26 Å². The fourth-order valence-corrected chi connectivity index (χ4v) is 3.34. The summed E-state index contributed by atoms with van der Waals surface area (Å²) in [5, 5.41) is 23.3. The zero-order chi connectivity index (χ0) is 20.4. The molecule has 0 unspecified atom stereocenters. The minimum absolute atomic E-state index is 0.0975. The predicted octanol–water partition coefficient (Wildman–Crippen LogP) is 3.81. The Hall–Kier alpha value is -4.25. The van der Waals surface area contributed by atoms with Crippen LogP contribution in [0.1, 0.15) is 21.5 Å². The molecule has 8 nitrogen and oxygen atoms in total. The Balaban J connectivity index is 1.58. The molecule has 4 rings (SSSR count). The van der Waals surface area contributed by atoms with Gasteiger partial charge in [-0.1, -0.05) is 0 Å². The number of anilines is 3. The van der Waals surface area contributed by atoms with E-state index in [-0.39, 0.29) is 17.2 Å². The molecule has 0 aliphatic carbocycles. The number of amides is 1. The zero-order valence-corrected chi connectivity index (χ0v) is 15.2. The van der Waals surface area contributed by atoms with Crippen LogP contribution in [0.5, 0.6) is 0 Å². The molecule has 0 bridgehead atoms. The van der Waals surface area contributed by atoms with Gasteiger partial charge in [0.05, 0.1) is 21.7 Å². The van der Waals surface area contributed by atoms with Gasteiger partial charge in [0.25, 0.3) is 11.6 Å². The Morgan fingerprint density at radius 2 is 2.10 bits per heavy atom. The smallest absolute Gasteiger partial charge is 0.270 e. The van der Waals surface area contributed by atoms with E-state index in [0.29, 0.717) is 24.2 Å². The maximum atomic E-state index is 12.7. The van der Waals surface area contributed by atoms with Crippen molar-refractivity contribution in [3.05, 3.63) is 87.7 Å². The molecule has 0 saturated heterocycles. The van der Waals surface area contributed by atoms with Crippen LogP contribution >= 0.6 is 0 Å². The quantitative estimate of drug-likeness (QED) is 0.540. The minimum atomic E-state index is -0.534. The molecular formula is C21H15N5O3. The second kappa shape index (κ2) is 7.40. The van der Waals surface area contributed by atoms with Gasteiger partial charge in [-0.15, -0.1) is 0 Å². The molecule has 29 heavy (non-hydrogen) atoms. The third-order valence-electron chi connectivity index (χ3n) is 4.74. The fraction of sp³-hybridized carbons (Fsp3) is 0.0952. The second-order valence-corrected chi connectivity index (χ2v) is 6.52. The average molecular weight is 385 g/mol. The van der Waals surface area contributed by atoms with Crippen LogP contribution in [0.3, 0.4) is 0 Å². The van der Waals surface area contributed by atoms with E-state index in [2.05, 4.69) is 10.3 Å². The number of aromatic nitrogens is 1. The lowest BCUT2D eigenvalue weighted by atomic mass is 10.1. The molecule has 1 N–H and O–H groups in total. The molecule has 0 atom stereocenters. The Morgan fingerprint density at radius 3 is 2.83 bits per heavy atom. The molecule has 1 aromatic heterocycles. The number of fused-ring (bicyclic) bond motifs is 1. The van der Waals surface area contributed by atoms with E-state index in [1.54, 1.807) is 29.4 Å². The molecule has 1 aliphatic heterocycles. The number of nitrogens with zero attached hydrogens (tertiary/aromatic N) is 4. The van der Waals surface area contributed by atoms with Crippen molar-refractivity contribution in [2.24, 2.45) is 0 Å². The highest BCUT2D eigenvalue weighted by Crippen LogP contribution is 2.33. The summed E-state index contributed by atoms with van der Waals surface area (Å²) in [6.45, 7) is 0.577. The summed E-state index contributed by atoms with van der Waals surface area (Å²) in [4.78, 5) is 28.8. The molecule has 0 saturated carbocycles. The summed E-state index contributed by atoms with van der Waals surface area (Å²) in [6.07, 6.45) is 3.89. The van der Waals surface area contributed by atoms with Crippen LogP contribution in [-0.2, 0) is 6.42 Å². The molecule has 0 radical (unpaired) electrons. The van der Waals surface area contributed by atoms with E-state index in [9.17, 15) is 20.2 Å². The number of benzene rings is 2. The maximum absolute atomic E-state index is 12.7. The summed E-state index contributed by atoms with van der Waals surface area (Å²) in [5.41, 5.74) is 3.66. The van der Waals surface area contributed by atoms with Crippen LogP contribution in [0.2, 0.25) is 0 Å². The average Bonchev–Trinajstić information content (AvgIpc) is 3.17. The molecule has 8 heteroatoms. The van der Waals surface area contributed by atoms with Gasteiger partial charge in [-0.25, -0.2) is 0 Å². The second-order valence-electron chi connectivity index (χ2n) is 6.52. The lowest BCUT2D eigenvalue weighted by Crippen LogP contribution is -2.28. The predicted molar refractivity (Wildman–Crippen MR) is 107 cm³/mol. The largest absolute Gasteiger partial charge is 0.354 e. The maximum Gasteiger partial charge on any atom is 0.270 e. The van der Waals surface area contributed by atoms with E-state index in [1.807, 2.05) is 24.3 Å². The highest BCUT2D eigenvalue weighted by Gasteiger charge is 2.26. The van der Waals surface area contributed by atoms with E-state index >= 15 is 0 Å². The summed E-state index contributed by atoms with van der Waals surface area (Å²) in [7, 11) is 0. The Morgan fingerprint density at radius 1 is 1.24 bits per heavy atom. The summed E-state index contributed by atoms with van der Waals surface area (Å²) in [5.74, 6) is -0.0975. The monoisotopic (exact) mass is 385 g/mol. The van der Waals surface area contributed by atoms with Crippen LogP contribution < -0.4 is 10.2 Å². The van der Waals surface area contributed by atoms with Gasteiger partial charge >= 0.3 is 0 Å². The highest BCUT2D eigenvalue weighted by atomic mass is 16.6. The molecule has 0 fully saturated rings. The van der Waals surface area contributed by atoms with Crippen molar-refractivity contribution in [2.45, 2.75) is 6.42 Å². The Bertz CT molecular complexity index is 1150. The van der Waals surface area contributed by atoms with E-state index in [4.69, 9.17) is 0 Å². The van der Waals surface area contributed by atoms with Crippen molar-refractivity contribution in [1.29, 1.82) is 5.26 Å². The van der Waals surface area contributed by atoms with E-state index < -0.39 is 4.92 Å². The normalized spacial score (nSPS) is 12.2. The molecule has 3 aromatic rings. The lowest BCUT2D eigenvalue weighted by Gasteiger charge is -2.17. The zero-order valence-electron chi connectivity index (χ0n) is 15.2. The summed E-state index contributed by atoms with van der Waals surface area (Å²) in [6, 6.07) is 15.2. The minimum Gasteiger partial charge on any atom is -0.354 e. The van der Waals surface area contributed by atoms with Crippen LogP contribution in [0.25, 0.3) is 0 Å². The molecule has 1 aliphatic rings. The van der Waals surface area contributed by atoms with Gasteiger partial charge in [-0.05, 0) is 48.4 Å². The van der Waals surface area contributed by atoms with Crippen molar-refractivity contribution in [3.8, 4) is 6.07 Å². The van der Waals surface area contributed by atoms with Gasteiger partial charge in [-0.3, -0.25) is 19.9 Å². The number of hydrogen-bond acceptors (Lipinski definition) is 6. The van der Waals surface area contributed by atoms with Crippen molar-refractivity contribution < 1.29 is 9.72 Å². The van der Waals surface area contributed by atoms with E-state index in [0.717, 1.165) is 16.9 Å². The van der Waals surface area contributed by atoms with Crippen LogP contribution in [-0.4, -0.2) is 22.4 Å². The first-order valence-corrected chi connectivity index (χ1v) is 8.87. The highest BCUT2D eigenvalue weighted by molar-refractivity contribution is 6.07. The summed E-state index contributed by atoms with van der Waals surface area (Å²) >= 11 is 0. The van der Waals surface area contributed by atoms with E-state index in [1.165, 1.54) is 18.2 Å².